The van der Waals surface area contributed by atoms with Gasteiger partial charge in [0.25, 0.3) is 0 Å². The van der Waals surface area contributed by atoms with Gasteiger partial charge in [0.2, 0.25) is 17.7 Å². The fourth-order valence-electron chi connectivity index (χ4n) is 3.12. The third-order valence-corrected chi connectivity index (χ3v) is 5.26. The molecule has 0 bridgehead atoms. The molecular weight excluding hydrogens is 432 g/mol. The third-order valence-electron chi connectivity index (χ3n) is 5.26. The Morgan fingerprint density at radius 2 is 1.70 bits per heavy atom. The fourth-order valence-corrected chi connectivity index (χ4v) is 3.12. The SMILES string of the molecule is CCC(C)C(NC(=O)C(N)CC(C)C)C(=O)NC(CO)C(=O)NC(Cc1cnc[nH]1)C(=O)O. The number of aromatic nitrogens is 2. The molecule has 186 valence electrons. The zero-order chi connectivity index (χ0) is 25.1. The van der Waals surface area contributed by atoms with Crippen LogP contribution < -0.4 is 21.7 Å². The van der Waals surface area contributed by atoms with Crippen molar-refractivity contribution >= 4 is 23.7 Å². The molecular formula is C21H36N6O6. The summed E-state index contributed by atoms with van der Waals surface area (Å²) in [5.41, 5.74) is 6.40. The molecule has 3 amide bonds. The lowest BCUT2D eigenvalue weighted by Crippen LogP contribution is -2.59. The van der Waals surface area contributed by atoms with E-state index in [-0.39, 0.29) is 18.3 Å². The van der Waals surface area contributed by atoms with Crippen LogP contribution in [0, 0.1) is 11.8 Å². The van der Waals surface area contributed by atoms with E-state index in [9.17, 15) is 29.4 Å². The van der Waals surface area contributed by atoms with E-state index in [1.54, 1.807) is 6.92 Å². The number of carboxylic acids is 1. The van der Waals surface area contributed by atoms with Crippen LogP contribution in [-0.4, -0.2) is 74.6 Å². The summed E-state index contributed by atoms with van der Waals surface area (Å²) in [5, 5.41) is 26.4. The van der Waals surface area contributed by atoms with Crippen LogP contribution in [0.25, 0.3) is 0 Å². The van der Waals surface area contributed by atoms with E-state index in [1.807, 2.05) is 20.8 Å². The summed E-state index contributed by atoms with van der Waals surface area (Å²) in [6.45, 7) is 6.69. The highest BCUT2D eigenvalue weighted by atomic mass is 16.4. The van der Waals surface area contributed by atoms with E-state index in [4.69, 9.17) is 5.73 Å². The van der Waals surface area contributed by atoms with E-state index in [2.05, 4.69) is 25.9 Å². The molecule has 1 aromatic rings. The third kappa shape index (κ3) is 9.18. The van der Waals surface area contributed by atoms with Crippen LogP contribution in [-0.2, 0) is 25.6 Å². The molecule has 5 atom stereocenters. The van der Waals surface area contributed by atoms with Crippen molar-refractivity contribution in [2.75, 3.05) is 6.61 Å². The molecule has 5 unspecified atom stereocenters. The number of amides is 3. The van der Waals surface area contributed by atoms with Gasteiger partial charge in [-0.3, -0.25) is 14.4 Å². The van der Waals surface area contributed by atoms with Crippen molar-refractivity contribution in [1.82, 2.24) is 25.9 Å². The molecule has 0 radical (unpaired) electrons. The number of nitrogens with zero attached hydrogens (tertiary/aromatic N) is 1. The molecule has 0 aliphatic carbocycles. The maximum Gasteiger partial charge on any atom is 0.326 e. The van der Waals surface area contributed by atoms with Gasteiger partial charge in [-0.05, 0) is 18.3 Å². The zero-order valence-corrected chi connectivity index (χ0v) is 19.5. The predicted molar refractivity (Wildman–Crippen MR) is 120 cm³/mol. The lowest BCUT2D eigenvalue weighted by molar-refractivity contribution is -0.142. The normalized spacial score (nSPS) is 15.7. The molecule has 1 aromatic heterocycles. The highest BCUT2D eigenvalue weighted by Gasteiger charge is 2.32. The van der Waals surface area contributed by atoms with Gasteiger partial charge < -0.3 is 36.9 Å². The maximum absolute atomic E-state index is 12.9. The summed E-state index contributed by atoms with van der Waals surface area (Å²) >= 11 is 0. The molecule has 0 aromatic carbocycles. The first-order chi connectivity index (χ1) is 15.5. The number of aliphatic carboxylic acids is 1. The number of carboxylic acid groups (broad SMARTS) is 1. The Kier molecular flexibility index (Phi) is 11.5. The number of carbonyl (C=O) groups is 4. The van der Waals surface area contributed by atoms with Gasteiger partial charge in [0.15, 0.2) is 0 Å². The largest absolute Gasteiger partial charge is 0.480 e. The van der Waals surface area contributed by atoms with Gasteiger partial charge in [0, 0.05) is 18.3 Å². The van der Waals surface area contributed by atoms with Crippen LogP contribution >= 0.6 is 0 Å². The van der Waals surface area contributed by atoms with Gasteiger partial charge in [-0.2, -0.15) is 0 Å². The van der Waals surface area contributed by atoms with Crippen molar-refractivity contribution in [2.24, 2.45) is 17.6 Å². The minimum Gasteiger partial charge on any atom is -0.480 e. The van der Waals surface area contributed by atoms with Crippen LogP contribution in [0.3, 0.4) is 0 Å². The van der Waals surface area contributed by atoms with Crippen molar-refractivity contribution in [2.45, 2.75) is 71.1 Å². The maximum atomic E-state index is 12.9. The standard InChI is InChI=1S/C21H36N6O6/c1-5-12(4)17(27-18(29)14(22)6-11(2)3)20(31)26-16(9-28)19(30)25-15(21(32)33)7-13-8-23-10-24-13/h8,10-12,14-17,28H,5-7,9,22H2,1-4H3,(H,23,24)(H,25,30)(H,26,31)(H,27,29)(H,32,33). The van der Waals surface area contributed by atoms with Crippen LogP contribution in [0.2, 0.25) is 0 Å². The summed E-state index contributed by atoms with van der Waals surface area (Å²) < 4.78 is 0. The molecule has 1 rings (SSSR count). The molecule has 12 heteroatoms. The zero-order valence-electron chi connectivity index (χ0n) is 19.5. The Labute approximate surface area is 193 Å². The van der Waals surface area contributed by atoms with Crippen LogP contribution in [0.15, 0.2) is 12.5 Å². The molecule has 0 spiro atoms. The summed E-state index contributed by atoms with van der Waals surface area (Å²) in [6.07, 6.45) is 3.74. The molecule has 0 aliphatic rings. The predicted octanol–water partition coefficient (Wildman–Crippen LogP) is -1.10. The number of carbonyl (C=O) groups excluding carboxylic acids is 3. The Bertz CT molecular complexity index is 784. The highest BCUT2D eigenvalue weighted by molar-refractivity contribution is 5.94. The van der Waals surface area contributed by atoms with Crippen molar-refractivity contribution in [1.29, 1.82) is 0 Å². The van der Waals surface area contributed by atoms with Crippen LogP contribution in [0.5, 0.6) is 0 Å². The summed E-state index contributed by atoms with van der Waals surface area (Å²) in [6, 6.07) is -4.49. The van der Waals surface area contributed by atoms with E-state index in [0.29, 0.717) is 18.5 Å². The minimum absolute atomic E-state index is 0.0630. The molecule has 12 nitrogen and oxygen atoms in total. The summed E-state index contributed by atoms with van der Waals surface area (Å²) in [5.74, 6) is -3.42. The number of H-pyrrole nitrogens is 1. The number of nitrogens with two attached hydrogens (primary N) is 1. The highest BCUT2D eigenvalue weighted by Crippen LogP contribution is 2.10. The molecule has 1 heterocycles. The lowest BCUT2D eigenvalue weighted by Gasteiger charge is -2.27. The van der Waals surface area contributed by atoms with Crippen molar-refractivity contribution in [3.05, 3.63) is 18.2 Å². The number of aliphatic hydroxyl groups excluding tert-OH is 1. The molecule has 0 aliphatic heterocycles. The monoisotopic (exact) mass is 468 g/mol. The number of aliphatic hydroxyl groups is 1. The Hall–Kier alpha value is -2.99. The van der Waals surface area contributed by atoms with Crippen molar-refractivity contribution in [3.8, 4) is 0 Å². The number of imidazole rings is 1. The minimum atomic E-state index is -1.41. The summed E-state index contributed by atoms with van der Waals surface area (Å²) in [7, 11) is 0. The first-order valence-corrected chi connectivity index (χ1v) is 11.0. The van der Waals surface area contributed by atoms with Gasteiger partial charge in [-0.1, -0.05) is 34.1 Å². The molecule has 0 fully saturated rings. The van der Waals surface area contributed by atoms with Gasteiger partial charge in [-0.25, -0.2) is 9.78 Å². The topological polar surface area (TPSA) is 200 Å². The molecule has 0 saturated carbocycles. The van der Waals surface area contributed by atoms with Crippen LogP contribution in [0.1, 0.15) is 46.2 Å². The van der Waals surface area contributed by atoms with Gasteiger partial charge >= 0.3 is 5.97 Å². The smallest absolute Gasteiger partial charge is 0.326 e. The average molecular weight is 469 g/mol. The first kappa shape index (κ1) is 28.0. The Balaban J connectivity index is 2.86. The molecule has 33 heavy (non-hydrogen) atoms. The van der Waals surface area contributed by atoms with Crippen molar-refractivity contribution < 1.29 is 29.4 Å². The quantitative estimate of drug-likeness (QED) is 0.178. The van der Waals surface area contributed by atoms with E-state index < -0.39 is 54.5 Å². The van der Waals surface area contributed by atoms with Crippen molar-refractivity contribution in [3.63, 3.8) is 0 Å². The second-order valence-electron chi connectivity index (χ2n) is 8.53. The number of hydrogen-bond donors (Lipinski definition) is 7. The Morgan fingerprint density at radius 3 is 2.18 bits per heavy atom. The van der Waals surface area contributed by atoms with E-state index >= 15 is 0 Å². The second-order valence-corrected chi connectivity index (χ2v) is 8.53. The second kappa shape index (κ2) is 13.5. The number of hydrogen-bond acceptors (Lipinski definition) is 7. The van der Waals surface area contributed by atoms with E-state index in [1.165, 1.54) is 12.5 Å². The van der Waals surface area contributed by atoms with Gasteiger partial charge in [0.1, 0.15) is 18.1 Å². The van der Waals surface area contributed by atoms with E-state index in [0.717, 1.165) is 0 Å². The average Bonchev–Trinajstić information content (AvgIpc) is 3.26. The molecule has 8 N–H and O–H groups in total. The fraction of sp³-hybridized carbons (Fsp3) is 0.667. The number of nitrogens with one attached hydrogen (secondary N) is 4. The Morgan fingerprint density at radius 1 is 1.06 bits per heavy atom. The first-order valence-electron chi connectivity index (χ1n) is 11.0. The molecule has 0 saturated heterocycles. The van der Waals surface area contributed by atoms with Crippen LogP contribution in [0.4, 0.5) is 0 Å². The lowest BCUT2D eigenvalue weighted by atomic mass is 9.96. The van der Waals surface area contributed by atoms with Gasteiger partial charge in [0.05, 0.1) is 19.0 Å². The number of aromatic amines is 1. The number of rotatable bonds is 14. The summed E-state index contributed by atoms with van der Waals surface area (Å²) in [4.78, 5) is 56.0. The van der Waals surface area contributed by atoms with Gasteiger partial charge in [-0.15, -0.1) is 0 Å².